The van der Waals surface area contributed by atoms with E-state index in [4.69, 9.17) is 4.98 Å². The molecule has 0 saturated carbocycles. The number of para-hydroxylation sites is 2. The standard InChI is InChI=1S/C37H22N2S/c1-2-8-26-21-27(18-17-23(26)7-1)24-13-15-25(16-14-24)28-19-20-34-31(22-28)35-36(40-34)29-9-3-4-10-30(29)37-38-32-11-5-6-12-33(32)39(35)37/h1-22H. The van der Waals surface area contributed by atoms with E-state index in [0.717, 1.165) is 16.7 Å². The predicted octanol–water partition coefficient (Wildman–Crippen LogP) is 10.5. The Morgan fingerprint density at radius 3 is 2.00 bits per heavy atom. The van der Waals surface area contributed by atoms with Gasteiger partial charge in [-0.05, 0) is 63.4 Å². The van der Waals surface area contributed by atoms with E-state index in [1.165, 1.54) is 64.1 Å². The number of imidazole rings is 1. The molecule has 2 nitrogen and oxygen atoms in total. The smallest absolute Gasteiger partial charge is 0.146 e. The Kier molecular flexibility index (Phi) is 4.52. The topological polar surface area (TPSA) is 17.3 Å². The highest BCUT2D eigenvalue weighted by atomic mass is 32.1. The lowest BCUT2D eigenvalue weighted by atomic mass is 9.98. The van der Waals surface area contributed by atoms with Crippen molar-refractivity contribution >= 4 is 69.9 Å². The quantitative estimate of drug-likeness (QED) is 0.219. The molecule has 3 aromatic heterocycles. The van der Waals surface area contributed by atoms with Gasteiger partial charge in [-0.25, -0.2) is 4.98 Å². The van der Waals surface area contributed by atoms with Gasteiger partial charge >= 0.3 is 0 Å². The van der Waals surface area contributed by atoms with E-state index in [-0.39, 0.29) is 0 Å². The van der Waals surface area contributed by atoms with Gasteiger partial charge in [0.05, 0.1) is 21.3 Å². The van der Waals surface area contributed by atoms with Crippen LogP contribution in [0.3, 0.4) is 0 Å². The molecule has 186 valence electrons. The summed E-state index contributed by atoms with van der Waals surface area (Å²) in [6.07, 6.45) is 0. The van der Waals surface area contributed by atoms with Gasteiger partial charge in [0.2, 0.25) is 0 Å². The maximum atomic E-state index is 5.09. The third-order valence-corrected chi connectivity index (χ3v) is 9.35. The zero-order valence-corrected chi connectivity index (χ0v) is 22.3. The fourth-order valence-corrected chi connectivity index (χ4v) is 7.41. The summed E-state index contributed by atoms with van der Waals surface area (Å²) in [6, 6.07) is 48.3. The first-order valence-corrected chi connectivity index (χ1v) is 14.4. The minimum Gasteiger partial charge on any atom is -0.290 e. The SMILES string of the molecule is c1ccc2cc(-c3ccc(-c4ccc5sc6c7ccccc7c7nc8ccccc8n7c6c5c4)cc3)ccc2c1. The van der Waals surface area contributed by atoms with Crippen LogP contribution in [0.15, 0.2) is 133 Å². The highest BCUT2D eigenvalue weighted by molar-refractivity contribution is 7.26. The lowest BCUT2D eigenvalue weighted by Crippen LogP contribution is -1.89. The summed E-state index contributed by atoms with van der Waals surface area (Å²) in [6.45, 7) is 0. The Hall–Kier alpha value is -4.99. The molecule has 0 fully saturated rings. The van der Waals surface area contributed by atoms with Gasteiger partial charge in [0.25, 0.3) is 0 Å². The summed E-state index contributed by atoms with van der Waals surface area (Å²) < 4.78 is 4.98. The largest absolute Gasteiger partial charge is 0.290 e. The van der Waals surface area contributed by atoms with E-state index in [0.29, 0.717) is 0 Å². The van der Waals surface area contributed by atoms with Crippen molar-refractivity contribution in [3.8, 4) is 22.3 Å². The van der Waals surface area contributed by atoms with Crippen LogP contribution >= 0.6 is 11.3 Å². The Morgan fingerprint density at radius 1 is 0.500 bits per heavy atom. The molecule has 0 radical (unpaired) electrons. The molecule has 40 heavy (non-hydrogen) atoms. The maximum Gasteiger partial charge on any atom is 0.146 e. The molecule has 0 spiro atoms. The predicted molar refractivity (Wildman–Crippen MR) is 171 cm³/mol. The minimum absolute atomic E-state index is 1.02. The summed E-state index contributed by atoms with van der Waals surface area (Å²) in [5, 5.41) is 6.27. The van der Waals surface area contributed by atoms with E-state index in [2.05, 4.69) is 138 Å². The second-order valence-electron chi connectivity index (χ2n) is 10.4. The molecular formula is C37H22N2S. The lowest BCUT2D eigenvalue weighted by molar-refractivity contribution is 1.33. The van der Waals surface area contributed by atoms with Gasteiger partial charge in [0.1, 0.15) is 5.65 Å². The van der Waals surface area contributed by atoms with Crippen molar-refractivity contribution in [3.05, 3.63) is 133 Å². The van der Waals surface area contributed by atoms with Gasteiger partial charge in [-0.1, -0.05) is 103 Å². The zero-order valence-electron chi connectivity index (χ0n) is 21.5. The molecule has 3 heterocycles. The summed E-state index contributed by atoms with van der Waals surface area (Å²) in [5.41, 5.74) is 9.37. The fourth-order valence-electron chi connectivity index (χ4n) is 6.20. The van der Waals surface area contributed by atoms with Crippen LogP contribution in [-0.2, 0) is 0 Å². The van der Waals surface area contributed by atoms with Crippen molar-refractivity contribution in [2.75, 3.05) is 0 Å². The third kappa shape index (κ3) is 3.13. The number of benzene rings is 6. The Morgan fingerprint density at radius 2 is 1.15 bits per heavy atom. The fraction of sp³-hybridized carbons (Fsp3) is 0. The third-order valence-electron chi connectivity index (χ3n) is 8.16. The summed E-state index contributed by atoms with van der Waals surface area (Å²) in [4.78, 5) is 5.09. The van der Waals surface area contributed by atoms with E-state index >= 15 is 0 Å². The van der Waals surface area contributed by atoms with Crippen LogP contribution in [0.4, 0.5) is 0 Å². The first-order valence-electron chi connectivity index (χ1n) is 13.6. The molecular weight excluding hydrogens is 504 g/mol. The highest BCUT2D eigenvalue weighted by Gasteiger charge is 2.18. The second kappa shape index (κ2) is 8.25. The average Bonchev–Trinajstić information content (AvgIpc) is 3.60. The normalized spacial score (nSPS) is 12.0. The second-order valence-corrected chi connectivity index (χ2v) is 11.5. The minimum atomic E-state index is 1.02. The van der Waals surface area contributed by atoms with Crippen molar-refractivity contribution in [2.45, 2.75) is 0 Å². The number of hydrogen-bond donors (Lipinski definition) is 0. The number of thiophene rings is 1. The van der Waals surface area contributed by atoms with Crippen LogP contribution in [0.25, 0.3) is 80.8 Å². The monoisotopic (exact) mass is 526 g/mol. The number of fused-ring (bicyclic) bond motifs is 11. The highest BCUT2D eigenvalue weighted by Crippen LogP contribution is 2.42. The van der Waals surface area contributed by atoms with Crippen molar-refractivity contribution in [1.29, 1.82) is 0 Å². The lowest BCUT2D eigenvalue weighted by Gasteiger charge is -2.08. The van der Waals surface area contributed by atoms with Gasteiger partial charge in [0, 0.05) is 20.9 Å². The summed E-state index contributed by atoms with van der Waals surface area (Å²) >= 11 is 1.87. The van der Waals surface area contributed by atoms with Crippen LogP contribution < -0.4 is 0 Å². The van der Waals surface area contributed by atoms with Crippen molar-refractivity contribution < 1.29 is 0 Å². The van der Waals surface area contributed by atoms with E-state index in [1.54, 1.807) is 0 Å². The molecule has 0 aliphatic heterocycles. The van der Waals surface area contributed by atoms with E-state index in [1.807, 2.05) is 11.3 Å². The molecule has 0 N–H and O–H groups in total. The van der Waals surface area contributed by atoms with Gasteiger partial charge in [0.15, 0.2) is 0 Å². The van der Waals surface area contributed by atoms with Crippen LogP contribution in [0, 0.1) is 0 Å². The Balaban J connectivity index is 1.25. The maximum absolute atomic E-state index is 5.09. The van der Waals surface area contributed by atoms with Crippen LogP contribution in [0.2, 0.25) is 0 Å². The summed E-state index contributed by atoms with van der Waals surface area (Å²) in [7, 11) is 0. The number of pyridine rings is 1. The Labute approximate surface area is 234 Å². The molecule has 9 aromatic rings. The first-order chi connectivity index (χ1) is 19.8. The summed E-state index contributed by atoms with van der Waals surface area (Å²) in [5.74, 6) is 0. The number of hydrogen-bond acceptors (Lipinski definition) is 2. The molecule has 0 aliphatic carbocycles. The van der Waals surface area contributed by atoms with Crippen LogP contribution in [0.1, 0.15) is 0 Å². The van der Waals surface area contributed by atoms with Crippen molar-refractivity contribution in [3.63, 3.8) is 0 Å². The molecule has 0 amide bonds. The molecule has 3 heteroatoms. The number of aromatic nitrogens is 2. The van der Waals surface area contributed by atoms with Gasteiger partial charge in [-0.3, -0.25) is 4.40 Å². The van der Waals surface area contributed by atoms with E-state index in [9.17, 15) is 0 Å². The molecule has 0 saturated heterocycles. The van der Waals surface area contributed by atoms with Crippen LogP contribution in [0.5, 0.6) is 0 Å². The first kappa shape index (κ1) is 21.9. The molecule has 6 aromatic carbocycles. The van der Waals surface area contributed by atoms with Crippen molar-refractivity contribution in [2.24, 2.45) is 0 Å². The molecule has 0 atom stereocenters. The number of nitrogens with zero attached hydrogens (tertiary/aromatic N) is 2. The van der Waals surface area contributed by atoms with Crippen LogP contribution in [-0.4, -0.2) is 9.38 Å². The number of rotatable bonds is 2. The van der Waals surface area contributed by atoms with E-state index < -0.39 is 0 Å². The van der Waals surface area contributed by atoms with Gasteiger partial charge in [-0.15, -0.1) is 11.3 Å². The Bertz CT molecular complexity index is 2430. The van der Waals surface area contributed by atoms with Crippen molar-refractivity contribution in [1.82, 2.24) is 9.38 Å². The molecule has 0 aliphatic rings. The molecule has 0 bridgehead atoms. The average molecular weight is 527 g/mol. The zero-order chi connectivity index (χ0) is 26.2. The van der Waals surface area contributed by atoms with Gasteiger partial charge in [-0.2, -0.15) is 0 Å². The van der Waals surface area contributed by atoms with Gasteiger partial charge < -0.3 is 0 Å². The molecule has 0 unspecified atom stereocenters. The molecule has 9 rings (SSSR count).